The van der Waals surface area contributed by atoms with Gasteiger partial charge in [-0.15, -0.1) is 23.5 Å². The Morgan fingerprint density at radius 3 is 1.67 bits per heavy atom. The van der Waals surface area contributed by atoms with E-state index in [0.717, 1.165) is 30.7 Å². The number of carboxylic acid groups (broad SMARTS) is 2. The molecule has 464 valence electrons. The lowest BCUT2D eigenvalue weighted by Gasteiger charge is -2.51. The molecule has 4 aliphatic rings. The van der Waals surface area contributed by atoms with Crippen LogP contribution in [0.4, 0.5) is 0 Å². The number of esters is 3. The molecule has 2 fully saturated rings. The standard InChI is InChI=1S/C64H104N4O12S2/c1-23-46(71)78-24-25-81-36(7)55(72)67-53-49(57(75)79-51-38(60(8,9)10)26-35(6)27-39(51)61(11,12)13)47(33(2)3)42(65-53)30-43-48(34(4)5)50(54(66-43)68-59(77)64(20,21)22)58(76)80-52-40(62(14,15)16)28-37(29-41(52)63(17,18)19)32-82-44(56(73)74)31-45(69)70/h23,30,33-41,44,50-54,65-66H,1,24-29,31-32H2,2-22H3,(H,67,72)(H,68,77)(H,69,70)(H,73,74)/b42-30-. The molecule has 0 bridgehead atoms. The lowest BCUT2D eigenvalue weighted by atomic mass is 9.59. The smallest absolute Gasteiger partial charge is 0.338 e. The molecule has 16 nitrogen and oxygen atoms in total. The zero-order valence-electron chi connectivity index (χ0n) is 53.5. The van der Waals surface area contributed by atoms with E-state index in [2.05, 4.69) is 118 Å². The number of nitrogens with one attached hydrogen (secondary N) is 4. The minimum Gasteiger partial charge on any atom is -0.481 e. The number of hydrogen-bond acceptors (Lipinski definition) is 14. The van der Waals surface area contributed by atoms with Gasteiger partial charge in [0, 0.05) is 52.3 Å². The second-order valence-corrected chi connectivity index (χ2v) is 32.4. The minimum absolute atomic E-state index is 0.0142. The lowest BCUT2D eigenvalue weighted by molar-refractivity contribution is -0.174. The summed E-state index contributed by atoms with van der Waals surface area (Å²) >= 11 is 2.45. The molecular weight excluding hydrogens is 1080 g/mol. The first-order valence-corrected chi connectivity index (χ1v) is 31.8. The Bertz CT molecular complexity index is 2400. The summed E-state index contributed by atoms with van der Waals surface area (Å²) in [5.41, 5.74) is 0.677. The Morgan fingerprint density at radius 1 is 0.707 bits per heavy atom. The first-order valence-electron chi connectivity index (χ1n) is 29.7. The van der Waals surface area contributed by atoms with Crippen LogP contribution < -0.4 is 21.3 Å². The number of hydrogen-bond donors (Lipinski definition) is 6. The molecule has 2 amide bonds. The van der Waals surface area contributed by atoms with Gasteiger partial charge in [0.05, 0.1) is 17.2 Å². The zero-order valence-corrected chi connectivity index (χ0v) is 55.1. The van der Waals surface area contributed by atoms with E-state index in [9.17, 15) is 34.2 Å². The highest BCUT2D eigenvalue weighted by atomic mass is 32.2. The first-order chi connectivity index (χ1) is 37.5. The molecule has 6 N–H and O–H groups in total. The second kappa shape index (κ2) is 27.7. The van der Waals surface area contributed by atoms with E-state index >= 15 is 9.59 Å². The zero-order chi connectivity index (χ0) is 62.5. The predicted molar refractivity (Wildman–Crippen MR) is 327 cm³/mol. The monoisotopic (exact) mass is 1180 g/mol. The Morgan fingerprint density at radius 2 is 1.22 bits per heavy atom. The molecule has 4 rings (SSSR count). The van der Waals surface area contributed by atoms with Crippen LogP contribution in [-0.2, 0) is 47.8 Å². The van der Waals surface area contributed by atoms with Crippen LogP contribution in [0.3, 0.4) is 0 Å². The SMILES string of the molecule is C=CC(=O)OCCSC(C)C(=O)NC1N/C(=C\C2=C(C(C)C)C(C(=O)OC3C(C(C)(C)C)CC(CSC(CC(=O)O)C(=O)O)CC3C(C)(C)C)C(NC(=O)C(C)(C)C)N2)C(C(C)C)=C1C(=O)OC1C(C(C)(C)C)CC(C)CC1C(C)(C)C. The third-order valence-corrected chi connectivity index (χ3v) is 19.6. The van der Waals surface area contributed by atoms with Crippen molar-refractivity contribution < 1.29 is 58.0 Å². The van der Waals surface area contributed by atoms with Crippen LogP contribution in [0.5, 0.6) is 0 Å². The fraction of sp³-hybridized carbons (Fsp3) is 0.766. The van der Waals surface area contributed by atoms with Crippen LogP contribution in [0.15, 0.2) is 46.8 Å². The van der Waals surface area contributed by atoms with Gasteiger partial charge in [0.1, 0.15) is 42.3 Å². The summed E-state index contributed by atoms with van der Waals surface area (Å²) in [7, 11) is 0. The molecule has 18 heteroatoms. The Hall–Kier alpha value is -4.45. The van der Waals surface area contributed by atoms with Crippen molar-refractivity contribution in [2.75, 3.05) is 18.1 Å². The summed E-state index contributed by atoms with van der Waals surface area (Å²) < 4.78 is 19.1. The van der Waals surface area contributed by atoms with Crippen molar-refractivity contribution >= 4 is 65.2 Å². The van der Waals surface area contributed by atoms with Gasteiger partial charge in [-0.3, -0.25) is 24.0 Å². The van der Waals surface area contributed by atoms with Crippen molar-refractivity contribution in [3.8, 4) is 0 Å². The van der Waals surface area contributed by atoms with E-state index in [1.807, 2.05) is 33.8 Å². The molecule has 2 heterocycles. The second-order valence-electron chi connectivity index (χ2n) is 29.7. The van der Waals surface area contributed by atoms with Gasteiger partial charge < -0.3 is 45.7 Å². The number of ether oxygens (including phenoxy) is 3. The van der Waals surface area contributed by atoms with Gasteiger partial charge in [-0.05, 0) is 101 Å². The van der Waals surface area contributed by atoms with E-state index in [4.69, 9.17) is 14.2 Å². The van der Waals surface area contributed by atoms with E-state index < -0.39 is 82.6 Å². The average molecular weight is 1190 g/mol. The summed E-state index contributed by atoms with van der Waals surface area (Å²) in [6.07, 6.45) is 2.51. The quantitative estimate of drug-likeness (QED) is 0.0271. The third-order valence-electron chi connectivity index (χ3n) is 17.1. The summed E-state index contributed by atoms with van der Waals surface area (Å²) in [6.45, 7) is 46.8. The van der Waals surface area contributed by atoms with Crippen molar-refractivity contribution in [3.05, 3.63) is 46.8 Å². The third kappa shape index (κ3) is 18.3. The summed E-state index contributed by atoms with van der Waals surface area (Å²) in [4.78, 5) is 95.0. The molecule has 0 spiro atoms. The van der Waals surface area contributed by atoms with E-state index in [1.54, 1.807) is 27.7 Å². The number of thioether (sulfide) groups is 2. The van der Waals surface area contributed by atoms with Gasteiger partial charge >= 0.3 is 29.8 Å². The van der Waals surface area contributed by atoms with Gasteiger partial charge in [0.15, 0.2) is 0 Å². The molecule has 2 saturated carbocycles. The van der Waals surface area contributed by atoms with Gasteiger partial charge in [-0.2, -0.15) is 0 Å². The van der Waals surface area contributed by atoms with Crippen LogP contribution >= 0.6 is 23.5 Å². The lowest BCUT2D eigenvalue weighted by Crippen LogP contribution is -2.54. The summed E-state index contributed by atoms with van der Waals surface area (Å²) in [5, 5.41) is 31.1. The fourth-order valence-corrected chi connectivity index (χ4v) is 14.5. The molecule has 0 aromatic carbocycles. The molecule has 9 unspecified atom stereocenters. The molecule has 0 radical (unpaired) electrons. The topological polar surface area (TPSA) is 236 Å². The molecular formula is C64H104N4O12S2. The van der Waals surface area contributed by atoms with E-state index in [1.165, 1.54) is 11.8 Å². The molecule has 9 atom stereocenters. The van der Waals surface area contributed by atoms with Crippen LogP contribution in [-0.4, -0.2) is 105 Å². The minimum atomic E-state index is -1.17. The molecule has 0 aromatic rings. The number of amides is 2. The van der Waals surface area contributed by atoms with Gasteiger partial charge in [0.25, 0.3) is 0 Å². The van der Waals surface area contributed by atoms with E-state index in [0.29, 0.717) is 52.8 Å². The van der Waals surface area contributed by atoms with Crippen molar-refractivity contribution in [2.45, 2.75) is 213 Å². The number of rotatable bonds is 21. The van der Waals surface area contributed by atoms with E-state index in [-0.39, 0.29) is 87.1 Å². The number of aliphatic carboxylic acids is 2. The van der Waals surface area contributed by atoms with Crippen LogP contribution in [0, 0.1) is 80.3 Å². The number of carbonyl (C=O) groups excluding carboxylic acids is 5. The molecule has 82 heavy (non-hydrogen) atoms. The predicted octanol–water partition coefficient (Wildman–Crippen LogP) is 11.3. The van der Waals surface area contributed by atoms with Gasteiger partial charge in [-0.25, -0.2) is 9.59 Å². The van der Waals surface area contributed by atoms with Crippen LogP contribution in [0.2, 0.25) is 0 Å². The van der Waals surface area contributed by atoms with Gasteiger partial charge in [0.2, 0.25) is 11.8 Å². The van der Waals surface area contributed by atoms with Gasteiger partial charge in [-0.1, -0.05) is 145 Å². The summed E-state index contributed by atoms with van der Waals surface area (Å²) in [5.74, 6) is -5.21. The highest BCUT2D eigenvalue weighted by Gasteiger charge is 2.53. The maximum Gasteiger partial charge on any atom is 0.338 e. The van der Waals surface area contributed by atoms with Crippen molar-refractivity contribution in [2.24, 2.45) is 80.3 Å². The Labute approximate surface area is 499 Å². The number of carboxylic acids is 2. The van der Waals surface area contributed by atoms with Crippen LogP contribution in [0.25, 0.3) is 0 Å². The number of allylic oxidation sites excluding steroid dienone is 2. The Kier molecular flexibility index (Phi) is 23.7. The highest BCUT2D eigenvalue weighted by molar-refractivity contribution is 8.00. The largest absolute Gasteiger partial charge is 0.481 e. The first kappa shape index (κ1) is 70.0. The number of carbonyl (C=O) groups is 7. The maximum atomic E-state index is 15.6. The Balaban J connectivity index is 1.92. The average Bonchev–Trinajstić information content (AvgIpc) is 4.10. The van der Waals surface area contributed by atoms with Crippen LogP contribution in [0.1, 0.15) is 178 Å². The fourth-order valence-electron chi connectivity index (χ4n) is 12.6. The molecule has 2 aliphatic heterocycles. The highest BCUT2D eigenvalue weighted by Crippen LogP contribution is 2.53. The summed E-state index contributed by atoms with van der Waals surface area (Å²) in [6, 6.07) is 0. The normalized spacial score (nSPS) is 27.8. The maximum absolute atomic E-state index is 15.6. The molecule has 2 aliphatic carbocycles. The van der Waals surface area contributed by atoms with Crippen molar-refractivity contribution in [1.29, 1.82) is 0 Å². The molecule has 0 saturated heterocycles. The molecule has 0 aromatic heterocycles. The van der Waals surface area contributed by atoms with Crippen molar-refractivity contribution in [3.63, 3.8) is 0 Å². The van der Waals surface area contributed by atoms with Crippen molar-refractivity contribution in [1.82, 2.24) is 21.3 Å².